The molecule has 0 spiro atoms. The van der Waals surface area contributed by atoms with Gasteiger partial charge in [0.15, 0.2) is 0 Å². The van der Waals surface area contributed by atoms with Crippen LogP contribution in [0.4, 0.5) is 10.5 Å². The zero-order valence-corrected chi connectivity index (χ0v) is 14.9. The first-order chi connectivity index (χ1) is 12.6. The van der Waals surface area contributed by atoms with E-state index >= 15 is 0 Å². The van der Waals surface area contributed by atoms with Gasteiger partial charge in [-0.2, -0.15) is 0 Å². The molecule has 0 radical (unpaired) electrons. The smallest absolute Gasteiger partial charge is 0.319 e. The summed E-state index contributed by atoms with van der Waals surface area (Å²) in [5, 5.41) is 6.41. The molecule has 3 aromatic carbocycles. The van der Waals surface area contributed by atoms with E-state index in [2.05, 4.69) is 10.6 Å². The standard InChI is InChI=1S/C21H20ClN3O/c22-17-11-13-18(14-12-17)24-21(26)25-20(16-9-5-2-6-10-16)19(23)15-7-3-1-4-8-15/h1-14,19-20H,23H2,(H2,24,25,26)/t19-,20+/m0/s1. The Bertz CT molecular complexity index is 838. The number of amides is 2. The SMILES string of the molecule is N[C@@H](c1ccccc1)[C@H](NC(=O)Nc1ccc(Cl)cc1)c1ccccc1. The molecule has 0 saturated heterocycles. The quantitative estimate of drug-likeness (QED) is 0.601. The zero-order valence-electron chi connectivity index (χ0n) is 14.1. The van der Waals surface area contributed by atoms with Crippen molar-refractivity contribution in [1.82, 2.24) is 5.32 Å². The number of nitrogens with one attached hydrogen (secondary N) is 2. The first-order valence-corrected chi connectivity index (χ1v) is 8.70. The van der Waals surface area contributed by atoms with Crippen molar-refractivity contribution in [1.29, 1.82) is 0 Å². The monoisotopic (exact) mass is 365 g/mol. The van der Waals surface area contributed by atoms with Gasteiger partial charge >= 0.3 is 6.03 Å². The van der Waals surface area contributed by atoms with Gasteiger partial charge in [0, 0.05) is 10.7 Å². The summed E-state index contributed by atoms with van der Waals surface area (Å²) < 4.78 is 0. The molecule has 0 bridgehead atoms. The molecule has 5 heteroatoms. The molecule has 3 aromatic rings. The van der Waals surface area contributed by atoms with Crippen molar-refractivity contribution in [3.8, 4) is 0 Å². The molecule has 0 aliphatic rings. The maximum Gasteiger partial charge on any atom is 0.319 e. The molecule has 0 aliphatic heterocycles. The number of rotatable bonds is 5. The molecule has 0 heterocycles. The van der Waals surface area contributed by atoms with Gasteiger partial charge < -0.3 is 16.4 Å². The topological polar surface area (TPSA) is 67.1 Å². The van der Waals surface area contributed by atoms with E-state index in [-0.39, 0.29) is 18.1 Å². The second kappa shape index (κ2) is 8.52. The van der Waals surface area contributed by atoms with Crippen molar-refractivity contribution in [2.45, 2.75) is 12.1 Å². The fourth-order valence-electron chi connectivity index (χ4n) is 2.75. The third kappa shape index (κ3) is 4.63. The highest BCUT2D eigenvalue weighted by Crippen LogP contribution is 2.27. The summed E-state index contributed by atoms with van der Waals surface area (Å²) in [6.45, 7) is 0. The summed E-state index contributed by atoms with van der Waals surface area (Å²) in [6, 6.07) is 25.3. The second-order valence-electron chi connectivity index (χ2n) is 5.93. The molecular formula is C21H20ClN3O. The van der Waals surface area contributed by atoms with Crippen LogP contribution in [-0.2, 0) is 0 Å². The van der Waals surface area contributed by atoms with Crippen LogP contribution < -0.4 is 16.4 Å². The third-order valence-corrected chi connectivity index (χ3v) is 4.34. The lowest BCUT2D eigenvalue weighted by Crippen LogP contribution is -2.38. The minimum Gasteiger partial charge on any atom is -0.329 e. The number of hydrogen-bond acceptors (Lipinski definition) is 2. The Hall–Kier alpha value is -2.82. The third-order valence-electron chi connectivity index (χ3n) is 4.09. The highest BCUT2D eigenvalue weighted by atomic mass is 35.5. The van der Waals surface area contributed by atoms with Crippen molar-refractivity contribution in [3.05, 3.63) is 101 Å². The molecular weight excluding hydrogens is 346 g/mol. The normalized spacial score (nSPS) is 12.8. The molecule has 2 atom stereocenters. The first kappa shape index (κ1) is 18.0. The molecule has 2 amide bonds. The van der Waals surface area contributed by atoms with Gasteiger partial charge in [-0.1, -0.05) is 72.3 Å². The lowest BCUT2D eigenvalue weighted by atomic mass is 9.94. The largest absolute Gasteiger partial charge is 0.329 e. The lowest BCUT2D eigenvalue weighted by molar-refractivity contribution is 0.246. The second-order valence-corrected chi connectivity index (χ2v) is 6.37. The average Bonchev–Trinajstić information content (AvgIpc) is 2.69. The molecule has 0 unspecified atom stereocenters. The van der Waals surface area contributed by atoms with Crippen molar-refractivity contribution < 1.29 is 4.79 Å². The van der Waals surface area contributed by atoms with E-state index in [1.807, 2.05) is 60.7 Å². The highest BCUT2D eigenvalue weighted by Gasteiger charge is 2.23. The van der Waals surface area contributed by atoms with E-state index < -0.39 is 0 Å². The van der Waals surface area contributed by atoms with Gasteiger partial charge in [0.1, 0.15) is 0 Å². The van der Waals surface area contributed by atoms with Crippen molar-refractivity contribution >= 4 is 23.3 Å². The lowest BCUT2D eigenvalue weighted by Gasteiger charge is -2.26. The molecule has 3 rings (SSSR count). The Labute approximate surface area is 158 Å². The Morgan fingerprint density at radius 2 is 1.35 bits per heavy atom. The van der Waals surface area contributed by atoms with Crippen LogP contribution in [0.1, 0.15) is 23.2 Å². The molecule has 4 N–H and O–H groups in total. The summed E-state index contributed by atoms with van der Waals surface area (Å²) in [5.41, 5.74) is 9.02. The van der Waals surface area contributed by atoms with Gasteiger partial charge in [-0.15, -0.1) is 0 Å². The van der Waals surface area contributed by atoms with E-state index in [1.54, 1.807) is 24.3 Å². The van der Waals surface area contributed by atoms with Crippen LogP contribution in [0, 0.1) is 0 Å². The number of nitrogens with two attached hydrogens (primary N) is 1. The van der Waals surface area contributed by atoms with Crippen molar-refractivity contribution in [2.24, 2.45) is 5.73 Å². The first-order valence-electron chi connectivity index (χ1n) is 8.32. The summed E-state index contributed by atoms with van der Waals surface area (Å²) >= 11 is 5.88. The Morgan fingerprint density at radius 1 is 0.808 bits per heavy atom. The Balaban J connectivity index is 1.79. The molecule has 4 nitrogen and oxygen atoms in total. The zero-order chi connectivity index (χ0) is 18.4. The average molecular weight is 366 g/mol. The number of anilines is 1. The van der Waals surface area contributed by atoms with E-state index in [0.717, 1.165) is 11.1 Å². The van der Waals surface area contributed by atoms with Crippen LogP contribution in [-0.4, -0.2) is 6.03 Å². The van der Waals surface area contributed by atoms with Crippen molar-refractivity contribution in [2.75, 3.05) is 5.32 Å². The van der Waals surface area contributed by atoms with Crippen LogP contribution in [0.2, 0.25) is 5.02 Å². The molecule has 0 fully saturated rings. The fraction of sp³-hybridized carbons (Fsp3) is 0.0952. The van der Waals surface area contributed by atoms with Crippen LogP contribution in [0.5, 0.6) is 0 Å². The van der Waals surface area contributed by atoms with Crippen LogP contribution in [0.25, 0.3) is 0 Å². The van der Waals surface area contributed by atoms with Crippen LogP contribution in [0.3, 0.4) is 0 Å². The number of halogens is 1. The number of hydrogen-bond donors (Lipinski definition) is 3. The molecule has 26 heavy (non-hydrogen) atoms. The van der Waals surface area contributed by atoms with E-state index in [1.165, 1.54) is 0 Å². The predicted molar refractivity (Wildman–Crippen MR) is 106 cm³/mol. The van der Waals surface area contributed by atoms with Gasteiger partial charge in [-0.3, -0.25) is 0 Å². The fourth-order valence-corrected chi connectivity index (χ4v) is 2.88. The Morgan fingerprint density at radius 3 is 1.92 bits per heavy atom. The summed E-state index contributed by atoms with van der Waals surface area (Å²) in [6.07, 6.45) is 0. The number of carbonyl (C=O) groups is 1. The molecule has 0 saturated carbocycles. The van der Waals surface area contributed by atoms with Gasteiger partial charge in [0.2, 0.25) is 0 Å². The summed E-state index contributed by atoms with van der Waals surface area (Å²) in [7, 11) is 0. The Kier molecular flexibility index (Phi) is 5.89. The van der Waals surface area contributed by atoms with Crippen LogP contribution >= 0.6 is 11.6 Å². The van der Waals surface area contributed by atoms with Crippen molar-refractivity contribution in [3.63, 3.8) is 0 Å². The maximum absolute atomic E-state index is 12.5. The van der Waals surface area contributed by atoms with Gasteiger partial charge in [-0.05, 0) is 35.4 Å². The summed E-state index contributed by atoms with van der Waals surface area (Å²) in [4.78, 5) is 12.5. The van der Waals surface area contributed by atoms with Gasteiger partial charge in [-0.25, -0.2) is 4.79 Å². The molecule has 0 aromatic heterocycles. The van der Waals surface area contributed by atoms with E-state index in [0.29, 0.717) is 10.7 Å². The molecule has 0 aliphatic carbocycles. The molecule has 132 valence electrons. The predicted octanol–water partition coefficient (Wildman–Crippen LogP) is 4.90. The van der Waals surface area contributed by atoms with Crippen LogP contribution in [0.15, 0.2) is 84.9 Å². The minimum atomic E-state index is -0.380. The minimum absolute atomic E-state index is 0.326. The maximum atomic E-state index is 12.5. The van der Waals surface area contributed by atoms with E-state index in [4.69, 9.17) is 17.3 Å². The van der Waals surface area contributed by atoms with E-state index in [9.17, 15) is 4.79 Å². The summed E-state index contributed by atoms with van der Waals surface area (Å²) in [5.74, 6) is 0. The number of urea groups is 1. The van der Waals surface area contributed by atoms with Gasteiger partial charge in [0.05, 0.1) is 12.1 Å². The highest BCUT2D eigenvalue weighted by molar-refractivity contribution is 6.30. The number of carbonyl (C=O) groups excluding carboxylic acids is 1. The number of benzene rings is 3. The van der Waals surface area contributed by atoms with Gasteiger partial charge in [0.25, 0.3) is 0 Å².